The molecule has 9 heteroatoms. The molecule has 0 spiro atoms. The number of benzene rings is 2. The molecule has 0 aliphatic heterocycles. The first-order valence-electron chi connectivity index (χ1n) is 12.3. The summed E-state index contributed by atoms with van der Waals surface area (Å²) in [6.07, 6.45) is 0.208. The number of hydrogen-bond acceptors (Lipinski definition) is 7. The molecule has 0 fully saturated rings. The van der Waals surface area contributed by atoms with Crippen molar-refractivity contribution in [3.63, 3.8) is 0 Å². The van der Waals surface area contributed by atoms with Crippen molar-refractivity contribution in [3.05, 3.63) is 87.9 Å². The summed E-state index contributed by atoms with van der Waals surface area (Å²) < 4.78 is 10.4. The SMILES string of the molecule is CCOC(=O)c1nc([C@H](CC(C)C)NC(=O)[C@H](Cc2ccccc2)NC(=O)OCc2ccccc2)cs1. The van der Waals surface area contributed by atoms with Crippen molar-refractivity contribution in [1.82, 2.24) is 15.6 Å². The minimum absolute atomic E-state index is 0.0950. The first-order valence-corrected chi connectivity index (χ1v) is 13.2. The maximum atomic E-state index is 13.5. The van der Waals surface area contributed by atoms with Gasteiger partial charge >= 0.3 is 12.1 Å². The van der Waals surface area contributed by atoms with Crippen LogP contribution in [0.1, 0.15) is 59.9 Å². The summed E-state index contributed by atoms with van der Waals surface area (Å²) in [6, 6.07) is 17.5. The zero-order chi connectivity index (χ0) is 26.6. The Morgan fingerprint density at radius 2 is 1.57 bits per heavy atom. The summed E-state index contributed by atoms with van der Waals surface area (Å²) in [4.78, 5) is 42.6. The number of nitrogens with zero attached hydrogens (tertiary/aromatic N) is 1. The third kappa shape index (κ3) is 9.02. The van der Waals surface area contributed by atoms with Crippen LogP contribution in [0.15, 0.2) is 66.0 Å². The number of nitrogens with one attached hydrogen (secondary N) is 2. The van der Waals surface area contributed by atoms with E-state index in [9.17, 15) is 14.4 Å². The van der Waals surface area contributed by atoms with E-state index in [1.807, 2.05) is 74.5 Å². The van der Waals surface area contributed by atoms with Crippen molar-refractivity contribution in [3.8, 4) is 0 Å². The maximum absolute atomic E-state index is 13.5. The van der Waals surface area contributed by atoms with Crippen LogP contribution in [-0.4, -0.2) is 35.6 Å². The van der Waals surface area contributed by atoms with Gasteiger partial charge in [-0.15, -0.1) is 11.3 Å². The van der Waals surface area contributed by atoms with Gasteiger partial charge < -0.3 is 20.1 Å². The van der Waals surface area contributed by atoms with E-state index in [-0.39, 0.29) is 36.5 Å². The lowest BCUT2D eigenvalue weighted by atomic mass is 10.00. The predicted molar refractivity (Wildman–Crippen MR) is 142 cm³/mol. The normalized spacial score (nSPS) is 12.4. The van der Waals surface area contributed by atoms with Crippen molar-refractivity contribution in [2.75, 3.05) is 6.61 Å². The number of hydrogen-bond donors (Lipinski definition) is 2. The molecule has 0 bridgehead atoms. The van der Waals surface area contributed by atoms with Gasteiger partial charge in [0.1, 0.15) is 12.6 Å². The van der Waals surface area contributed by atoms with Gasteiger partial charge in [0.15, 0.2) is 0 Å². The Bertz CT molecular complexity index is 1150. The van der Waals surface area contributed by atoms with E-state index in [1.54, 1.807) is 12.3 Å². The van der Waals surface area contributed by atoms with Crippen LogP contribution in [0.25, 0.3) is 0 Å². The number of carbonyl (C=O) groups excluding carboxylic acids is 3. The van der Waals surface area contributed by atoms with E-state index in [2.05, 4.69) is 15.6 Å². The van der Waals surface area contributed by atoms with Gasteiger partial charge in [-0.3, -0.25) is 4.79 Å². The second kappa shape index (κ2) is 14.1. The van der Waals surface area contributed by atoms with Gasteiger partial charge in [0.2, 0.25) is 10.9 Å². The molecule has 2 atom stereocenters. The van der Waals surface area contributed by atoms with Crippen LogP contribution in [0.5, 0.6) is 0 Å². The number of ether oxygens (including phenoxy) is 2. The maximum Gasteiger partial charge on any atom is 0.408 e. The van der Waals surface area contributed by atoms with Crippen molar-refractivity contribution in [1.29, 1.82) is 0 Å². The Kier molecular flexibility index (Phi) is 10.6. The number of aromatic nitrogens is 1. The van der Waals surface area contributed by atoms with Crippen LogP contribution in [0, 0.1) is 5.92 Å². The highest BCUT2D eigenvalue weighted by molar-refractivity contribution is 7.11. The molecule has 2 aromatic carbocycles. The van der Waals surface area contributed by atoms with E-state index in [0.29, 0.717) is 12.1 Å². The Hall–Kier alpha value is -3.72. The van der Waals surface area contributed by atoms with E-state index in [4.69, 9.17) is 9.47 Å². The fourth-order valence-electron chi connectivity index (χ4n) is 3.70. The molecule has 2 N–H and O–H groups in total. The van der Waals surface area contributed by atoms with E-state index in [1.165, 1.54) is 11.3 Å². The van der Waals surface area contributed by atoms with Crippen LogP contribution >= 0.6 is 11.3 Å². The van der Waals surface area contributed by atoms with Crippen LogP contribution in [0.4, 0.5) is 4.79 Å². The summed E-state index contributed by atoms with van der Waals surface area (Å²) in [6.45, 7) is 6.17. The van der Waals surface area contributed by atoms with Gasteiger partial charge in [-0.25, -0.2) is 14.6 Å². The zero-order valence-electron chi connectivity index (χ0n) is 21.3. The average molecular weight is 524 g/mol. The fourth-order valence-corrected chi connectivity index (χ4v) is 4.46. The van der Waals surface area contributed by atoms with Gasteiger partial charge in [-0.2, -0.15) is 0 Å². The molecule has 37 heavy (non-hydrogen) atoms. The zero-order valence-corrected chi connectivity index (χ0v) is 22.1. The Labute approximate surface area is 221 Å². The molecule has 0 aliphatic carbocycles. The second-order valence-corrected chi connectivity index (χ2v) is 9.80. The topological polar surface area (TPSA) is 107 Å². The lowest BCUT2D eigenvalue weighted by Gasteiger charge is -2.24. The number of amides is 2. The summed E-state index contributed by atoms with van der Waals surface area (Å²) >= 11 is 1.18. The quantitative estimate of drug-likeness (QED) is 0.321. The standard InChI is InChI=1S/C28H33N3O5S/c1-4-35-27(33)26-30-24(18-37-26)22(15-19(2)3)29-25(32)23(16-20-11-7-5-8-12-20)31-28(34)36-17-21-13-9-6-10-14-21/h5-14,18-19,22-23H,4,15-17H2,1-3H3,(H,29,32)(H,31,34)/t22-,23-/m0/s1. The summed E-state index contributed by atoms with van der Waals surface area (Å²) in [7, 11) is 0. The molecule has 0 saturated heterocycles. The van der Waals surface area contributed by atoms with Gasteiger partial charge in [-0.1, -0.05) is 74.5 Å². The van der Waals surface area contributed by atoms with Gasteiger partial charge in [0.25, 0.3) is 0 Å². The number of carbonyl (C=O) groups is 3. The molecule has 1 heterocycles. The monoisotopic (exact) mass is 523 g/mol. The van der Waals surface area contributed by atoms with Crippen molar-refractivity contribution in [2.45, 2.75) is 52.3 Å². The molecule has 8 nitrogen and oxygen atoms in total. The number of esters is 1. The largest absolute Gasteiger partial charge is 0.461 e. The first kappa shape index (κ1) is 27.9. The molecule has 3 rings (SSSR count). The van der Waals surface area contributed by atoms with Crippen molar-refractivity contribution < 1.29 is 23.9 Å². The lowest BCUT2D eigenvalue weighted by molar-refractivity contribution is -0.124. The average Bonchev–Trinajstić information content (AvgIpc) is 3.38. The minimum Gasteiger partial charge on any atom is -0.461 e. The Morgan fingerprint density at radius 1 is 0.919 bits per heavy atom. The Balaban J connectivity index is 1.74. The van der Waals surface area contributed by atoms with Gasteiger partial charge in [0.05, 0.1) is 18.3 Å². The Morgan fingerprint density at radius 3 is 2.19 bits per heavy atom. The highest BCUT2D eigenvalue weighted by Gasteiger charge is 2.27. The molecular weight excluding hydrogens is 490 g/mol. The lowest BCUT2D eigenvalue weighted by Crippen LogP contribution is -2.49. The van der Waals surface area contributed by atoms with Crippen molar-refractivity contribution >= 4 is 29.3 Å². The molecule has 2 amide bonds. The molecule has 1 aromatic heterocycles. The van der Waals surface area contributed by atoms with E-state index in [0.717, 1.165) is 11.1 Å². The third-order valence-electron chi connectivity index (χ3n) is 5.46. The number of alkyl carbamates (subject to hydrolysis) is 1. The highest BCUT2D eigenvalue weighted by Crippen LogP contribution is 2.24. The first-order chi connectivity index (χ1) is 17.9. The van der Waals surface area contributed by atoms with E-state index < -0.39 is 24.1 Å². The highest BCUT2D eigenvalue weighted by atomic mass is 32.1. The second-order valence-electron chi connectivity index (χ2n) is 8.94. The van der Waals surface area contributed by atoms with Gasteiger partial charge in [-0.05, 0) is 30.4 Å². The van der Waals surface area contributed by atoms with E-state index >= 15 is 0 Å². The molecule has 0 aliphatic rings. The smallest absolute Gasteiger partial charge is 0.408 e. The molecular formula is C28H33N3O5S. The third-order valence-corrected chi connectivity index (χ3v) is 6.30. The van der Waals surface area contributed by atoms with Crippen LogP contribution in [0.3, 0.4) is 0 Å². The summed E-state index contributed by atoms with van der Waals surface area (Å²) in [5.41, 5.74) is 2.32. The van der Waals surface area contributed by atoms with Crippen LogP contribution in [-0.2, 0) is 27.3 Å². The van der Waals surface area contributed by atoms with Crippen LogP contribution < -0.4 is 10.6 Å². The molecule has 196 valence electrons. The molecule has 0 saturated carbocycles. The summed E-state index contributed by atoms with van der Waals surface area (Å²) in [5.74, 6) is -0.607. The van der Waals surface area contributed by atoms with Crippen LogP contribution in [0.2, 0.25) is 0 Å². The fraction of sp³-hybridized carbons (Fsp3) is 0.357. The number of rotatable bonds is 12. The van der Waals surface area contributed by atoms with Crippen molar-refractivity contribution in [2.24, 2.45) is 5.92 Å². The minimum atomic E-state index is -0.872. The molecule has 0 unspecified atom stereocenters. The molecule has 3 aromatic rings. The predicted octanol–water partition coefficient (Wildman–Crippen LogP) is 5.06. The number of thiazole rings is 1. The summed E-state index contributed by atoms with van der Waals surface area (Å²) in [5, 5.41) is 7.75. The van der Waals surface area contributed by atoms with Gasteiger partial charge in [0, 0.05) is 11.8 Å². The molecule has 0 radical (unpaired) electrons.